The fourth-order valence-corrected chi connectivity index (χ4v) is 4.39. The van der Waals surface area contributed by atoms with Gasteiger partial charge in [0, 0.05) is 18.2 Å². The summed E-state index contributed by atoms with van der Waals surface area (Å²) in [5.41, 5.74) is 2.63. The lowest BCUT2D eigenvalue weighted by atomic mass is 10.2. The monoisotopic (exact) mass is 468 g/mol. The number of aliphatic imine (C=N–C) groups is 1. The van der Waals surface area contributed by atoms with Crippen molar-refractivity contribution in [1.82, 2.24) is 4.90 Å². The number of benzene rings is 2. The van der Waals surface area contributed by atoms with Gasteiger partial charge >= 0.3 is 0 Å². The third-order valence-electron chi connectivity index (χ3n) is 4.58. The summed E-state index contributed by atoms with van der Waals surface area (Å²) in [6.07, 6.45) is 3.39. The summed E-state index contributed by atoms with van der Waals surface area (Å²) in [6, 6.07) is 16.8. The number of aryl methyl sites for hydroxylation is 1. The second-order valence-electron chi connectivity index (χ2n) is 6.85. The molecule has 1 amide bonds. The van der Waals surface area contributed by atoms with Gasteiger partial charge in [-0.05, 0) is 55.1 Å². The molecule has 1 saturated heterocycles. The van der Waals surface area contributed by atoms with Crippen LogP contribution in [0.2, 0.25) is 10.0 Å². The molecule has 1 aromatic heterocycles. The first-order valence-corrected chi connectivity index (χ1v) is 11.1. The Bertz CT molecular complexity index is 1210. The number of amides is 1. The van der Waals surface area contributed by atoms with Crippen LogP contribution in [0.3, 0.4) is 0 Å². The molecule has 0 bridgehead atoms. The van der Waals surface area contributed by atoms with E-state index in [1.165, 1.54) is 11.8 Å². The first-order chi connectivity index (χ1) is 15.0. The van der Waals surface area contributed by atoms with E-state index in [-0.39, 0.29) is 5.91 Å². The van der Waals surface area contributed by atoms with E-state index >= 15 is 0 Å². The number of rotatable bonds is 5. The van der Waals surface area contributed by atoms with Gasteiger partial charge in [0.15, 0.2) is 5.17 Å². The van der Waals surface area contributed by atoms with Crippen molar-refractivity contribution in [2.24, 2.45) is 4.99 Å². The van der Waals surface area contributed by atoms with E-state index in [1.54, 1.807) is 35.3 Å². The lowest BCUT2D eigenvalue weighted by molar-refractivity contribution is -0.121. The van der Waals surface area contributed by atoms with E-state index in [1.807, 2.05) is 43.3 Å². The minimum Gasteiger partial charge on any atom is -0.457 e. The standard InChI is InChI=1S/C24H18Cl2N2O2S/c1-3-13-28-23(29)21(31-24(28)27-16-9-7-15(2)8-10-16)14-17-11-12-20(30-17)18-5-4-6-19(25)22(18)26/h3-12,14H,1,13H2,2H3. The van der Waals surface area contributed by atoms with E-state index in [0.717, 1.165) is 11.3 Å². The molecule has 156 valence electrons. The van der Waals surface area contributed by atoms with E-state index in [9.17, 15) is 4.79 Å². The van der Waals surface area contributed by atoms with Gasteiger partial charge in [-0.1, -0.05) is 53.0 Å². The Morgan fingerprint density at radius 1 is 1.13 bits per heavy atom. The first kappa shape index (κ1) is 21.5. The van der Waals surface area contributed by atoms with Crippen molar-refractivity contribution in [3.63, 3.8) is 0 Å². The van der Waals surface area contributed by atoms with Crippen LogP contribution in [0, 0.1) is 6.92 Å². The van der Waals surface area contributed by atoms with Crippen LogP contribution in [0.1, 0.15) is 11.3 Å². The molecule has 1 aliphatic heterocycles. The van der Waals surface area contributed by atoms with Crippen molar-refractivity contribution < 1.29 is 9.21 Å². The number of thioether (sulfide) groups is 1. The molecule has 3 aromatic rings. The van der Waals surface area contributed by atoms with Crippen molar-refractivity contribution in [2.45, 2.75) is 6.92 Å². The molecule has 4 nitrogen and oxygen atoms in total. The van der Waals surface area contributed by atoms with Crippen LogP contribution >= 0.6 is 35.0 Å². The maximum atomic E-state index is 13.0. The van der Waals surface area contributed by atoms with Gasteiger partial charge in [0.05, 0.1) is 20.6 Å². The minimum atomic E-state index is -0.144. The topological polar surface area (TPSA) is 45.8 Å². The van der Waals surface area contributed by atoms with Gasteiger partial charge in [0.2, 0.25) is 0 Å². The third-order valence-corrected chi connectivity index (χ3v) is 6.40. The van der Waals surface area contributed by atoms with Gasteiger partial charge in [0.25, 0.3) is 5.91 Å². The van der Waals surface area contributed by atoms with Gasteiger partial charge in [0.1, 0.15) is 11.5 Å². The minimum absolute atomic E-state index is 0.144. The Balaban J connectivity index is 1.64. The summed E-state index contributed by atoms with van der Waals surface area (Å²) in [4.78, 5) is 19.7. The van der Waals surface area contributed by atoms with Crippen molar-refractivity contribution in [1.29, 1.82) is 0 Å². The highest BCUT2D eigenvalue weighted by Gasteiger charge is 2.33. The number of nitrogens with zero attached hydrogens (tertiary/aromatic N) is 2. The fourth-order valence-electron chi connectivity index (χ4n) is 3.01. The summed E-state index contributed by atoms with van der Waals surface area (Å²) >= 11 is 13.7. The Hall–Kier alpha value is -2.73. The van der Waals surface area contributed by atoms with Gasteiger partial charge in [-0.3, -0.25) is 9.69 Å². The molecule has 2 heterocycles. The quantitative estimate of drug-likeness (QED) is 0.290. The summed E-state index contributed by atoms with van der Waals surface area (Å²) in [6.45, 7) is 6.14. The number of halogens is 2. The van der Waals surface area contributed by atoms with Crippen LogP contribution in [0.25, 0.3) is 17.4 Å². The zero-order chi connectivity index (χ0) is 22.0. The zero-order valence-electron chi connectivity index (χ0n) is 16.6. The van der Waals surface area contributed by atoms with Crippen molar-refractivity contribution in [2.75, 3.05) is 6.54 Å². The van der Waals surface area contributed by atoms with Crippen LogP contribution < -0.4 is 0 Å². The molecule has 0 spiro atoms. The lowest BCUT2D eigenvalue weighted by Gasteiger charge is -2.12. The number of carbonyl (C=O) groups excluding carboxylic acids is 1. The van der Waals surface area contributed by atoms with E-state index in [0.29, 0.717) is 43.7 Å². The molecule has 0 atom stereocenters. The molecule has 0 aliphatic carbocycles. The highest BCUT2D eigenvalue weighted by Crippen LogP contribution is 2.37. The van der Waals surface area contributed by atoms with Crippen LogP contribution in [-0.2, 0) is 4.79 Å². The smallest absolute Gasteiger partial charge is 0.267 e. The molecule has 7 heteroatoms. The number of furan rings is 1. The molecule has 31 heavy (non-hydrogen) atoms. The van der Waals surface area contributed by atoms with Crippen LogP contribution in [0.4, 0.5) is 5.69 Å². The Labute approximate surface area is 194 Å². The lowest BCUT2D eigenvalue weighted by Crippen LogP contribution is -2.29. The highest BCUT2D eigenvalue weighted by atomic mass is 35.5. The molecule has 0 radical (unpaired) electrons. The Morgan fingerprint density at radius 2 is 1.90 bits per heavy atom. The molecule has 2 aromatic carbocycles. The second-order valence-corrected chi connectivity index (χ2v) is 8.64. The van der Waals surface area contributed by atoms with Gasteiger partial charge in [-0.25, -0.2) is 4.99 Å². The van der Waals surface area contributed by atoms with Gasteiger partial charge in [-0.2, -0.15) is 0 Å². The molecule has 1 aliphatic rings. The fraction of sp³-hybridized carbons (Fsp3) is 0.0833. The van der Waals surface area contributed by atoms with Crippen molar-refractivity contribution in [3.8, 4) is 11.3 Å². The normalized spacial score (nSPS) is 16.5. The van der Waals surface area contributed by atoms with Crippen LogP contribution in [-0.4, -0.2) is 22.5 Å². The van der Waals surface area contributed by atoms with Gasteiger partial charge < -0.3 is 4.42 Å². The first-order valence-electron chi connectivity index (χ1n) is 9.48. The van der Waals surface area contributed by atoms with Gasteiger partial charge in [-0.15, -0.1) is 6.58 Å². The van der Waals surface area contributed by atoms with E-state index in [2.05, 4.69) is 11.6 Å². The molecule has 4 rings (SSSR count). The summed E-state index contributed by atoms with van der Waals surface area (Å²) in [5, 5.41) is 1.48. The number of hydrogen-bond donors (Lipinski definition) is 0. The van der Waals surface area contributed by atoms with Crippen molar-refractivity contribution in [3.05, 3.63) is 93.5 Å². The summed E-state index contributed by atoms with van der Waals surface area (Å²) in [7, 11) is 0. The molecular weight excluding hydrogens is 451 g/mol. The molecule has 0 unspecified atom stereocenters. The molecule has 1 fully saturated rings. The molecular formula is C24H18Cl2N2O2S. The second kappa shape index (κ2) is 9.18. The molecule has 0 N–H and O–H groups in total. The summed E-state index contributed by atoms with van der Waals surface area (Å²) < 4.78 is 5.91. The number of carbonyl (C=O) groups is 1. The Kier molecular flexibility index (Phi) is 6.37. The Morgan fingerprint density at radius 3 is 2.65 bits per heavy atom. The predicted octanol–water partition coefficient (Wildman–Crippen LogP) is 7.35. The maximum absolute atomic E-state index is 13.0. The summed E-state index contributed by atoms with van der Waals surface area (Å²) in [5.74, 6) is 0.970. The zero-order valence-corrected chi connectivity index (χ0v) is 19.0. The number of hydrogen-bond acceptors (Lipinski definition) is 4. The van der Waals surface area contributed by atoms with E-state index in [4.69, 9.17) is 27.6 Å². The van der Waals surface area contributed by atoms with E-state index < -0.39 is 0 Å². The highest BCUT2D eigenvalue weighted by molar-refractivity contribution is 8.18. The number of amidine groups is 1. The largest absolute Gasteiger partial charge is 0.457 e. The maximum Gasteiger partial charge on any atom is 0.267 e. The average molecular weight is 469 g/mol. The molecule has 0 saturated carbocycles. The third kappa shape index (κ3) is 4.64. The SMILES string of the molecule is C=CCN1C(=O)C(=Cc2ccc(-c3cccc(Cl)c3Cl)o2)SC1=Nc1ccc(C)cc1. The van der Waals surface area contributed by atoms with Crippen LogP contribution in [0.15, 0.2) is 81.6 Å². The van der Waals surface area contributed by atoms with Crippen LogP contribution in [0.5, 0.6) is 0 Å². The average Bonchev–Trinajstić information content (AvgIpc) is 3.32. The van der Waals surface area contributed by atoms with Crippen molar-refractivity contribution >= 4 is 57.8 Å². The predicted molar refractivity (Wildman–Crippen MR) is 130 cm³/mol.